The van der Waals surface area contributed by atoms with Crippen LogP contribution in [-0.2, 0) is 18.9 Å². The van der Waals surface area contributed by atoms with Crippen molar-refractivity contribution in [2.75, 3.05) is 26.4 Å². The molecule has 2 saturated carbocycles. The van der Waals surface area contributed by atoms with E-state index in [0.717, 1.165) is 52.1 Å². The zero-order valence-electron chi connectivity index (χ0n) is 18.1. The van der Waals surface area contributed by atoms with Gasteiger partial charge in [0.15, 0.2) is 11.6 Å². The van der Waals surface area contributed by atoms with Crippen molar-refractivity contribution in [3.63, 3.8) is 0 Å². The lowest BCUT2D eigenvalue weighted by Gasteiger charge is -2.56. The van der Waals surface area contributed by atoms with Crippen LogP contribution in [0.2, 0.25) is 0 Å². The number of rotatable bonds is 9. The largest absolute Gasteiger partial charge is 0.350 e. The average molecular weight is 371 g/mol. The third-order valence-electron chi connectivity index (χ3n) is 7.32. The molecule has 0 spiro atoms. The summed E-state index contributed by atoms with van der Waals surface area (Å²) in [5.41, 5.74) is 0.657. The highest BCUT2D eigenvalue weighted by Gasteiger charge is 2.53. The van der Waals surface area contributed by atoms with E-state index in [-0.39, 0.29) is 11.6 Å². The van der Waals surface area contributed by atoms with Crippen molar-refractivity contribution in [1.82, 2.24) is 0 Å². The minimum atomic E-state index is -0.353. The smallest absolute Gasteiger partial charge is 0.168 e. The molecule has 0 radical (unpaired) electrons. The fourth-order valence-electron chi connectivity index (χ4n) is 5.29. The Hall–Kier alpha value is -0.160. The van der Waals surface area contributed by atoms with Gasteiger partial charge >= 0.3 is 0 Å². The first-order chi connectivity index (χ1) is 12.3. The van der Waals surface area contributed by atoms with Crippen LogP contribution in [0.1, 0.15) is 92.9 Å². The van der Waals surface area contributed by atoms with Gasteiger partial charge < -0.3 is 18.9 Å². The first-order valence-electron chi connectivity index (χ1n) is 10.9. The monoisotopic (exact) mass is 370 g/mol. The zero-order chi connectivity index (χ0) is 19.3. The minimum absolute atomic E-state index is 0.329. The van der Waals surface area contributed by atoms with E-state index in [1.165, 1.54) is 25.7 Å². The van der Waals surface area contributed by atoms with Crippen molar-refractivity contribution in [3.8, 4) is 0 Å². The molecule has 4 nitrogen and oxygen atoms in total. The van der Waals surface area contributed by atoms with Crippen LogP contribution in [0.25, 0.3) is 0 Å². The molecule has 2 rings (SSSR count). The van der Waals surface area contributed by atoms with E-state index in [1.807, 2.05) is 0 Å². The SMILES string of the molecule is CCOC1(OCC)CCC(C)(C2(C)CCC(OCC)(OCC)CC2)CC1. The van der Waals surface area contributed by atoms with Gasteiger partial charge in [-0.05, 0) is 64.2 Å². The topological polar surface area (TPSA) is 36.9 Å². The van der Waals surface area contributed by atoms with Gasteiger partial charge in [-0.1, -0.05) is 13.8 Å². The Bertz CT molecular complexity index is 362. The van der Waals surface area contributed by atoms with Gasteiger partial charge in [-0.3, -0.25) is 0 Å². The second-order valence-corrected chi connectivity index (χ2v) is 8.67. The Balaban J connectivity index is 2.04. The van der Waals surface area contributed by atoms with Gasteiger partial charge in [-0.25, -0.2) is 0 Å². The lowest BCUT2D eigenvalue weighted by molar-refractivity contribution is -0.279. The maximum Gasteiger partial charge on any atom is 0.168 e. The minimum Gasteiger partial charge on any atom is -0.350 e. The normalized spacial score (nSPS) is 26.5. The predicted molar refractivity (Wildman–Crippen MR) is 105 cm³/mol. The van der Waals surface area contributed by atoms with Crippen LogP contribution in [0.4, 0.5) is 0 Å². The fraction of sp³-hybridized carbons (Fsp3) is 1.00. The highest BCUT2D eigenvalue weighted by molar-refractivity contribution is 5.01. The highest BCUT2D eigenvalue weighted by atomic mass is 16.7. The summed E-state index contributed by atoms with van der Waals surface area (Å²) < 4.78 is 24.2. The maximum absolute atomic E-state index is 6.06. The average Bonchev–Trinajstić information content (AvgIpc) is 2.61. The Morgan fingerprint density at radius 3 is 0.885 bits per heavy atom. The molecule has 2 aliphatic rings. The molecule has 0 aliphatic heterocycles. The van der Waals surface area contributed by atoms with Crippen LogP contribution < -0.4 is 0 Å². The highest BCUT2D eigenvalue weighted by Crippen LogP contribution is 2.59. The lowest BCUT2D eigenvalue weighted by Crippen LogP contribution is -2.52. The van der Waals surface area contributed by atoms with E-state index in [4.69, 9.17) is 18.9 Å². The van der Waals surface area contributed by atoms with Gasteiger partial charge in [-0.2, -0.15) is 0 Å². The number of hydrogen-bond donors (Lipinski definition) is 0. The molecule has 0 unspecified atom stereocenters. The van der Waals surface area contributed by atoms with E-state index in [0.29, 0.717) is 10.8 Å². The third-order valence-corrected chi connectivity index (χ3v) is 7.32. The maximum atomic E-state index is 6.06. The predicted octanol–water partition coefficient (Wildman–Crippen LogP) is 5.69. The quantitative estimate of drug-likeness (QED) is 0.489. The van der Waals surface area contributed by atoms with E-state index in [9.17, 15) is 0 Å². The van der Waals surface area contributed by atoms with Crippen molar-refractivity contribution in [2.45, 2.75) is 104 Å². The van der Waals surface area contributed by atoms with Crippen LogP contribution in [0, 0.1) is 10.8 Å². The molecule has 0 aromatic carbocycles. The molecule has 4 heteroatoms. The molecular weight excluding hydrogens is 328 g/mol. The summed E-state index contributed by atoms with van der Waals surface area (Å²) in [5.74, 6) is -0.705. The summed E-state index contributed by atoms with van der Waals surface area (Å²) in [4.78, 5) is 0. The molecule has 0 atom stereocenters. The number of hydrogen-bond acceptors (Lipinski definition) is 4. The summed E-state index contributed by atoms with van der Waals surface area (Å²) in [6.45, 7) is 16.1. The molecule has 0 bridgehead atoms. The first kappa shape index (κ1) is 22.1. The Labute approximate surface area is 161 Å². The van der Waals surface area contributed by atoms with Crippen molar-refractivity contribution in [1.29, 1.82) is 0 Å². The van der Waals surface area contributed by atoms with Crippen molar-refractivity contribution in [3.05, 3.63) is 0 Å². The van der Waals surface area contributed by atoms with E-state index in [2.05, 4.69) is 41.5 Å². The van der Waals surface area contributed by atoms with Gasteiger partial charge in [0.05, 0.1) is 0 Å². The van der Waals surface area contributed by atoms with Crippen LogP contribution in [0.15, 0.2) is 0 Å². The van der Waals surface area contributed by atoms with Gasteiger partial charge in [-0.15, -0.1) is 0 Å². The summed E-state index contributed by atoms with van der Waals surface area (Å²) in [6, 6.07) is 0. The Morgan fingerprint density at radius 2 is 0.692 bits per heavy atom. The lowest BCUT2D eigenvalue weighted by atomic mass is 9.53. The van der Waals surface area contributed by atoms with E-state index >= 15 is 0 Å². The molecule has 2 aliphatic carbocycles. The second-order valence-electron chi connectivity index (χ2n) is 8.67. The van der Waals surface area contributed by atoms with Crippen molar-refractivity contribution >= 4 is 0 Å². The van der Waals surface area contributed by atoms with Crippen molar-refractivity contribution in [2.24, 2.45) is 10.8 Å². The summed E-state index contributed by atoms with van der Waals surface area (Å²) in [7, 11) is 0. The third kappa shape index (κ3) is 4.45. The molecule has 2 fully saturated rings. The number of ether oxygens (including phenoxy) is 4. The first-order valence-corrected chi connectivity index (χ1v) is 10.9. The molecule has 0 N–H and O–H groups in total. The van der Waals surface area contributed by atoms with Crippen molar-refractivity contribution < 1.29 is 18.9 Å². The van der Waals surface area contributed by atoms with Crippen LogP contribution in [0.5, 0.6) is 0 Å². The standard InChI is InChI=1S/C22H42O4/c1-7-23-21(24-8-2)15-11-19(5,12-16-21)20(6)13-17-22(18-14-20,25-9-3)26-10-4/h7-18H2,1-6H3. The van der Waals surface area contributed by atoms with Gasteiger partial charge in [0.2, 0.25) is 0 Å². The zero-order valence-corrected chi connectivity index (χ0v) is 18.1. The molecule has 0 aromatic rings. The van der Waals surface area contributed by atoms with Crippen LogP contribution in [0.3, 0.4) is 0 Å². The molecule has 0 amide bonds. The molecule has 0 saturated heterocycles. The Morgan fingerprint density at radius 1 is 0.462 bits per heavy atom. The molecule has 154 valence electrons. The van der Waals surface area contributed by atoms with Gasteiger partial charge in [0.25, 0.3) is 0 Å². The molecule has 26 heavy (non-hydrogen) atoms. The van der Waals surface area contributed by atoms with E-state index < -0.39 is 0 Å². The molecule has 0 aromatic heterocycles. The summed E-state index contributed by atoms with van der Waals surface area (Å²) >= 11 is 0. The van der Waals surface area contributed by atoms with Crippen LogP contribution >= 0.6 is 0 Å². The molecular formula is C22H42O4. The van der Waals surface area contributed by atoms with Gasteiger partial charge in [0.1, 0.15) is 0 Å². The Kier molecular flexibility index (Phi) is 7.57. The fourth-order valence-corrected chi connectivity index (χ4v) is 5.29. The molecule has 0 heterocycles. The van der Waals surface area contributed by atoms with Crippen LogP contribution in [-0.4, -0.2) is 38.0 Å². The van der Waals surface area contributed by atoms with Gasteiger partial charge in [0, 0.05) is 52.1 Å². The second kappa shape index (κ2) is 8.89. The summed E-state index contributed by atoms with van der Waals surface area (Å²) in [5, 5.41) is 0. The summed E-state index contributed by atoms with van der Waals surface area (Å²) in [6.07, 6.45) is 8.68. The van der Waals surface area contributed by atoms with E-state index in [1.54, 1.807) is 0 Å².